The summed E-state index contributed by atoms with van der Waals surface area (Å²) in [7, 11) is 0. The van der Waals surface area contributed by atoms with Crippen molar-refractivity contribution in [2.75, 3.05) is 0 Å². The topological polar surface area (TPSA) is 18.5 Å². The maximum atomic E-state index is 6.29. The van der Waals surface area contributed by atoms with E-state index < -0.39 is 0 Å². The van der Waals surface area contributed by atoms with Gasteiger partial charge in [0.15, 0.2) is 0 Å². The van der Waals surface area contributed by atoms with Crippen LogP contribution in [-0.4, -0.2) is 0 Å². The fourth-order valence-corrected chi connectivity index (χ4v) is 10.5. The number of rotatable bonds is 6. The Hall–Kier alpha value is -7.16. The van der Waals surface area contributed by atoms with Gasteiger partial charge in [-0.3, -0.25) is 0 Å². The highest BCUT2D eigenvalue weighted by atomic mass is 16.5. The molecular weight excluding hydrogens is 729 g/mol. The molecule has 286 valence electrons. The van der Waals surface area contributed by atoms with Crippen LogP contribution in [0.3, 0.4) is 0 Å². The summed E-state index contributed by atoms with van der Waals surface area (Å²) in [5.41, 5.74) is 15.1. The monoisotopic (exact) mass is 770 g/mol. The first-order chi connectivity index (χ1) is 29.2. The third-order valence-corrected chi connectivity index (χ3v) is 13.5. The first-order valence-corrected chi connectivity index (χ1v) is 21.0. The molecule has 0 saturated carbocycles. The summed E-state index contributed by atoms with van der Waals surface area (Å²) in [5, 5.41) is 7.75. The van der Waals surface area contributed by atoms with Crippen molar-refractivity contribution in [1.29, 1.82) is 0 Å². The Morgan fingerprint density at radius 1 is 0.300 bits per heavy atom. The third kappa shape index (κ3) is 5.13. The molecule has 0 N–H and O–H groups in total. The summed E-state index contributed by atoms with van der Waals surface area (Å²) in [4.78, 5) is 0. The van der Waals surface area contributed by atoms with E-state index in [4.69, 9.17) is 9.47 Å². The predicted molar refractivity (Wildman–Crippen MR) is 249 cm³/mol. The van der Waals surface area contributed by atoms with Gasteiger partial charge in [0.25, 0.3) is 0 Å². The van der Waals surface area contributed by atoms with Crippen LogP contribution in [0.4, 0.5) is 0 Å². The molecule has 0 radical (unpaired) electrons. The van der Waals surface area contributed by atoms with Crippen LogP contribution in [0.15, 0.2) is 182 Å². The molecule has 0 aromatic heterocycles. The lowest BCUT2D eigenvalue weighted by molar-refractivity contribution is 0.480. The molecule has 0 aliphatic heterocycles. The van der Waals surface area contributed by atoms with Gasteiger partial charge in [0.1, 0.15) is 23.0 Å². The van der Waals surface area contributed by atoms with Gasteiger partial charge in [-0.25, -0.2) is 0 Å². The quantitative estimate of drug-likeness (QED) is 0.157. The Kier molecular flexibility index (Phi) is 7.36. The van der Waals surface area contributed by atoms with Gasteiger partial charge >= 0.3 is 0 Å². The van der Waals surface area contributed by atoms with Crippen LogP contribution in [0.2, 0.25) is 0 Å². The van der Waals surface area contributed by atoms with Crippen molar-refractivity contribution in [3.63, 3.8) is 0 Å². The first kappa shape index (κ1) is 34.8. The molecule has 0 spiro atoms. The molecule has 12 rings (SSSR count). The Balaban J connectivity index is 0.940. The molecule has 10 aromatic rings. The summed E-state index contributed by atoms with van der Waals surface area (Å²) < 4.78 is 12.6. The minimum Gasteiger partial charge on any atom is -0.457 e. The van der Waals surface area contributed by atoms with Crippen molar-refractivity contribution in [2.45, 2.75) is 38.5 Å². The zero-order valence-corrected chi connectivity index (χ0v) is 34.1. The van der Waals surface area contributed by atoms with E-state index in [2.05, 4.69) is 149 Å². The molecule has 60 heavy (non-hydrogen) atoms. The van der Waals surface area contributed by atoms with Crippen LogP contribution >= 0.6 is 0 Å². The van der Waals surface area contributed by atoms with E-state index in [-0.39, 0.29) is 10.8 Å². The molecule has 2 heteroatoms. The van der Waals surface area contributed by atoms with Gasteiger partial charge in [-0.1, -0.05) is 137 Å². The minimum absolute atomic E-state index is 0.186. The third-order valence-electron chi connectivity index (χ3n) is 13.5. The molecule has 0 bridgehead atoms. The highest BCUT2D eigenvalue weighted by molar-refractivity contribution is 6.29. The lowest BCUT2D eigenvalue weighted by Crippen LogP contribution is -2.15. The number of para-hydroxylation sites is 2. The number of hydrogen-bond acceptors (Lipinski definition) is 2. The SMILES string of the molecule is CC1(C)c2cc(Oc3ccccc3)ccc2-c2ccc(-c3cc4cccc5c(-c6ccc7c(c6)C(C)(C)c6cc(Oc8ccccc8)ccc6-7)cc6cccc3c6c45)cc21. The van der Waals surface area contributed by atoms with Crippen molar-refractivity contribution >= 4 is 32.3 Å². The van der Waals surface area contributed by atoms with Crippen LogP contribution in [0, 0.1) is 0 Å². The molecular formula is C58H42O2. The molecule has 0 amide bonds. The number of ether oxygens (including phenoxy) is 2. The second kappa shape index (κ2) is 12.7. The van der Waals surface area contributed by atoms with E-state index in [0.29, 0.717) is 0 Å². The summed E-state index contributed by atoms with van der Waals surface area (Å²) in [6.45, 7) is 9.38. The van der Waals surface area contributed by atoms with Crippen LogP contribution in [0.25, 0.3) is 76.8 Å². The van der Waals surface area contributed by atoms with Crippen LogP contribution < -0.4 is 9.47 Å². The van der Waals surface area contributed by atoms with Gasteiger partial charge in [-0.15, -0.1) is 0 Å². The van der Waals surface area contributed by atoms with E-state index in [9.17, 15) is 0 Å². The second-order valence-corrected chi connectivity index (χ2v) is 17.7. The molecule has 0 fully saturated rings. The summed E-state index contributed by atoms with van der Waals surface area (Å²) in [6, 6.07) is 65.9. The van der Waals surface area contributed by atoms with Gasteiger partial charge in [-0.05, 0) is 172 Å². The molecule has 0 atom stereocenters. The van der Waals surface area contributed by atoms with Crippen molar-refractivity contribution in [1.82, 2.24) is 0 Å². The fourth-order valence-electron chi connectivity index (χ4n) is 10.5. The van der Waals surface area contributed by atoms with Crippen molar-refractivity contribution in [2.24, 2.45) is 0 Å². The maximum absolute atomic E-state index is 6.29. The predicted octanol–water partition coefficient (Wildman–Crippen LogP) is 16.1. The molecule has 10 aromatic carbocycles. The maximum Gasteiger partial charge on any atom is 0.127 e. The van der Waals surface area contributed by atoms with E-state index >= 15 is 0 Å². The largest absolute Gasteiger partial charge is 0.457 e. The Labute approximate surface area is 350 Å². The fraction of sp³-hybridized carbons (Fsp3) is 0.103. The van der Waals surface area contributed by atoms with Crippen LogP contribution in [0.1, 0.15) is 49.9 Å². The van der Waals surface area contributed by atoms with Crippen molar-refractivity contribution < 1.29 is 9.47 Å². The van der Waals surface area contributed by atoms with Gasteiger partial charge < -0.3 is 9.47 Å². The minimum atomic E-state index is -0.186. The van der Waals surface area contributed by atoms with E-state index in [1.54, 1.807) is 0 Å². The van der Waals surface area contributed by atoms with Crippen LogP contribution in [0.5, 0.6) is 23.0 Å². The summed E-state index contributed by atoms with van der Waals surface area (Å²) >= 11 is 0. The standard InChI is InChI=1S/C58H42O2/c1-57(2)51-31-35(21-25-43(51)45-27-23-41(33-53(45)57)59-39-15-7-5-8-16-39)49-29-37-13-12-20-48-50(30-38-14-11-19-47(49)55(38)56(37)48)36-22-26-44-46-28-24-42(60-40-17-9-6-10-18-40)34-54(46)58(3,4)52(44)32-36/h5-34H,1-4H3. The number of hydrogen-bond donors (Lipinski definition) is 0. The van der Waals surface area contributed by atoms with Gasteiger partial charge in [0, 0.05) is 10.8 Å². The van der Waals surface area contributed by atoms with Crippen LogP contribution in [-0.2, 0) is 10.8 Å². The highest BCUT2D eigenvalue weighted by Gasteiger charge is 2.37. The number of benzene rings is 10. The normalized spacial score (nSPS) is 14.3. The molecule has 0 saturated heterocycles. The van der Waals surface area contributed by atoms with Crippen molar-refractivity contribution in [3.05, 3.63) is 204 Å². The van der Waals surface area contributed by atoms with Gasteiger partial charge in [0.2, 0.25) is 0 Å². The smallest absolute Gasteiger partial charge is 0.127 e. The lowest BCUT2D eigenvalue weighted by atomic mass is 9.80. The van der Waals surface area contributed by atoms with E-state index in [1.807, 2.05) is 60.7 Å². The average Bonchev–Trinajstić information content (AvgIpc) is 3.64. The lowest BCUT2D eigenvalue weighted by Gasteiger charge is -2.23. The first-order valence-electron chi connectivity index (χ1n) is 21.0. The average molecular weight is 771 g/mol. The second-order valence-electron chi connectivity index (χ2n) is 17.7. The zero-order chi connectivity index (χ0) is 40.3. The van der Waals surface area contributed by atoms with E-state index in [0.717, 1.165) is 23.0 Å². The summed E-state index contributed by atoms with van der Waals surface area (Å²) in [6.07, 6.45) is 0. The zero-order valence-electron chi connectivity index (χ0n) is 34.1. The van der Waals surface area contributed by atoms with Crippen molar-refractivity contribution in [3.8, 4) is 67.5 Å². The molecule has 2 aliphatic carbocycles. The Morgan fingerprint density at radius 2 is 0.683 bits per heavy atom. The Morgan fingerprint density at radius 3 is 1.10 bits per heavy atom. The molecule has 0 heterocycles. The molecule has 2 nitrogen and oxygen atoms in total. The molecule has 0 unspecified atom stereocenters. The molecule has 2 aliphatic rings. The number of fused-ring (bicyclic) bond motifs is 6. The Bertz CT molecular complexity index is 3130. The van der Waals surface area contributed by atoms with Gasteiger partial charge in [0.05, 0.1) is 0 Å². The van der Waals surface area contributed by atoms with Gasteiger partial charge in [-0.2, -0.15) is 0 Å². The highest BCUT2D eigenvalue weighted by Crippen LogP contribution is 2.54. The van der Waals surface area contributed by atoms with E-state index in [1.165, 1.54) is 99.1 Å². The summed E-state index contributed by atoms with van der Waals surface area (Å²) in [5.74, 6) is 3.42.